The SMILES string of the molecule is CC(C(=O)OCCSCC(=O)NCCCOc1cccc(CN2CCCCC2)c1)c1ccc(-c2ccccc2)c(F)c1. The summed E-state index contributed by atoms with van der Waals surface area (Å²) in [7, 11) is 0. The minimum Gasteiger partial charge on any atom is -0.494 e. The molecule has 1 fully saturated rings. The molecule has 6 nitrogen and oxygen atoms in total. The molecule has 1 heterocycles. The van der Waals surface area contributed by atoms with Crippen LogP contribution < -0.4 is 10.1 Å². The molecule has 1 saturated heterocycles. The van der Waals surface area contributed by atoms with Gasteiger partial charge in [0.1, 0.15) is 18.2 Å². The monoisotopic (exact) mass is 592 g/mol. The third kappa shape index (κ3) is 10.2. The van der Waals surface area contributed by atoms with Gasteiger partial charge in [0.2, 0.25) is 5.91 Å². The molecule has 0 bridgehead atoms. The van der Waals surface area contributed by atoms with Crippen molar-refractivity contribution in [3.63, 3.8) is 0 Å². The van der Waals surface area contributed by atoms with E-state index in [4.69, 9.17) is 9.47 Å². The number of carbonyl (C=O) groups excluding carboxylic acids is 2. The molecule has 224 valence electrons. The predicted molar refractivity (Wildman–Crippen MR) is 167 cm³/mol. The molecule has 4 rings (SSSR count). The number of esters is 1. The molecule has 1 atom stereocenters. The van der Waals surface area contributed by atoms with Crippen LogP contribution in [0.15, 0.2) is 72.8 Å². The van der Waals surface area contributed by atoms with Crippen molar-refractivity contribution in [3.8, 4) is 16.9 Å². The number of hydrogen-bond donors (Lipinski definition) is 1. The summed E-state index contributed by atoms with van der Waals surface area (Å²) < 4.78 is 25.9. The van der Waals surface area contributed by atoms with Crippen LogP contribution in [0, 0.1) is 5.82 Å². The van der Waals surface area contributed by atoms with Crippen molar-refractivity contribution in [1.82, 2.24) is 10.2 Å². The van der Waals surface area contributed by atoms with Crippen LogP contribution in [0.3, 0.4) is 0 Å². The average Bonchev–Trinajstić information content (AvgIpc) is 3.01. The smallest absolute Gasteiger partial charge is 0.313 e. The molecular formula is C34H41FN2O4S. The van der Waals surface area contributed by atoms with Crippen LogP contribution in [-0.4, -0.2) is 61.1 Å². The van der Waals surface area contributed by atoms with Crippen molar-refractivity contribution in [1.29, 1.82) is 0 Å². The first-order valence-corrected chi connectivity index (χ1v) is 15.9. The number of amides is 1. The summed E-state index contributed by atoms with van der Waals surface area (Å²) in [5.74, 6) is 0.231. The molecule has 3 aromatic carbocycles. The van der Waals surface area contributed by atoms with Gasteiger partial charge in [-0.3, -0.25) is 14.5 Å². The number of hydrogen-bond acceptors (Lipinski definition) is 6. The first-order valence-electron chi connectivity index (χ1n) is 14.8. The van der Waals surface area contributed by atoms with Crippen molar-refractivity contribution in [2.75, 3.05) is 44.4 Å². The summed E-state index contributed by atoms with van der Waals surface area (Å²) in [6, 6.07) is 22.4. The summed E-state index contributed by atoms with van der Waals surface area (Å²) in [6.45, 7) is 6.27. The summed E-state index contributed by atoms with van der Waals surface area (Å²) in [5, 5.41) is 2.91. The Bertz CT molecular complexity index is 1280. The van der Waals surface area contributed by atoms with Gasteiger partial charge in [-0.05, 0) is 74.2 Å². The van der Waals surface area contributed by atoms with Gasteiger partial charge in [-0.2, -0.15) is 0 Å². The lowest BCUT2D eigenvalue weighted by molar-refractivity contribution is -0.144. The number of ether oxygens (including phenoxy) is 2. The van der Waals surface area contributed by atoms with E-state index < -0.39 is 11.9 Å². The zero-order valence-electron chi connectivity index (χ0n) is 24.4. The maximum Gasteiger partial charge on any atom is 0.313 e. The molecule has 0 aliphatic carbocycles. The summed E-state index contributed by atoms with van der Waals surface area (Å²) in [5.41, 5.74) is 3.12. The molecule has 0 aromatic heterocycles. The van der Waals surface area contributed by atoms with Crippen molar-refractivity contribution >= 4 is 23.6 Å². The molecule has 42 heavy (non-hydrogen) atoms. The highest BCUT2D eigenvalue weighted by Gasteiger charge is 2.19. The van der Waals surface area contributed by atoms with Crippen molar-refractivity contribution in [3.05, 3.63) is 89.7 Å². The van der Waals surface area contributed by atoms with Gasteiger partial charge >= 0.3 is 5.97 Å². The molecule has 0 radical (unpaired) electrons. The number of nitrogens with zero attached hydrogens (tertiary/aromatic N) is 1. The van der Waals surface area contributed by atoms with E-state index in [0.717, 1.165) is 24.3 Å². The molecule has 1 N–H and O–H groups in total. The van der Waals surface area contributed by atoms with Gasteiger partial charge in [0, 0.05) is 24.4 Å². The van der Waals surface area contributed by atoms with Gasteiger partial charge < -0.3 is 14.8 Å². The molecule has 0 saturated carbocycles. The van der Waals surface area contributed by atoms with Crippen LogP contribution in [0.25, 0.3) is 11.1 Å². The Labute approximate surface area is 253 Å². The van der Waals surface area contributed by atoms with Crippen LogP contribution in [-0.2, 0) is 20.9 Å². The molecular weight excluding hydrogens is 551 g/mol. The van der Waals surface area contributed by atoms with E-state index in [2.05, 4.69) is 22.3 Å². The third-order valence-corrected chi connectivity index (χ3v) is 8.22. The zero-order valence-corrected chi connectivity index (χ0v) is 25.2. The van der Waals surface area contributed by atoms with Crippen LogP contribution in [0.2, 0.25) is 0 Å². The molecule has 8 heteroatoms. The summed E-state index contributed by atoms with van der Waals surface area (Å²) in [6.07, 6.45) is 4.61. The first kappa shape index (κ1) is 31.6. The standard InChI is InChI=1S/C34H41FN2O4S/c1-26(29-14-15-31(32(35)23-29)28-11-4-2-5-12-28)34(39)41-20-21-42-25-33(38)36-16-9-19-40-30-13-8-10-27(22-30)24-37-17-6-3-7-18-37/h2,4-5,8,10-15,22-23,26H,3,6-7,9,16-21,24-25H2,1H3,(H,36,38). The molecule has 1 aliphatic heterocycles. The fourth-order valence-corrected chi connectivity index (χ4v) is 5.56. The normalized spacial score (nSPS) is 14.2. The van der Waals surface area contributed by atoms with E-state index in [0.29, 0.717) is 35.8 Å². The second-order valence-electron chi connectivity index (χ2n) is 10.6. The second kappa shape index (κ2) is 16.9. The van der Waals surface area contributed by atoms with Crippen molar-refractivity contribution in [2.24, 2.45) is 0 Å². The number of halogens is 1. The fraction of sp³-hybridized carbons (Fsp3) is 0.412. The first-order chi connectivity index (χ1) is 20.5. The van der Waals surface area contributed by atoms with Gasteiger partial charge in [0.05, 0.1) is 18.3 Å². The Kier molecular flexibility index (Phi) is 12.7. The van der Waals surface area contributed by atoms with Gasteiger partial charge in [-0.1, -0.05) is 61.0 Å². The van der Waals surface area contributed by atoms with E-state index >= 15 is 0 Å². The highest BCUT2D eigenvalue weighted by Crippen LogP contribution is 2.27. The van der Waals surface area contributed by atoms with Crippen LogP contribution >= 0.6 is 11.8 Å². The van der Waals surface area contributed by atoms with Crippen LogP contribution in [0.5, 0.6) is 5.75 Å². The number of carbonyl (C=O) groups is 2. The molecule has 3 aromatic rings. The Morgan fingerprint density at radius 1 is 0.976 bits per heavy atom. The lowest BCUT2D eigenvalue weighted by Gasteiger charge is -2.26. The Morgan fingerprint density at radius 2 is 1.79 bits per heavy atom. The fourth-order valence-electron chi connectivity index (χ4n) is 4.93. The van der Waals surface area contributed by atoms with Crippen molar-refractivity contribution < 1.29 is 23.5 Å². The predicted octanol–water partition coefficient (Wildman–Crippen LogP) is 6.44. The Balaban J connectivity index is 1.05. The van der Waals surface area contributed by atoms with E-state index in [1.807, 2.05) is 42.5 Å². The lowest BCUT2D eigenvalue weighted by Crippen LogP contribution is -2.29. The molecule has 1 amide bonds. The number of nitrogens with one attached hydrogen (secondary N) is 1. The summed E-state index contributed by atoms with van der Waals surface area (Å²) in [4.78, 5) is 27.1. The Hall–Kier alpha value is -3.36. The number of thioether (sulfide) groups is 1. The molecule has 1 aliphatic rings. The minimum absolute atomic E-state index is 0.0581. The number of piperidine rings is 1. The minimum atomic E-state index is -0.586. The third-order valence-electron chi connectivity index (χ3n) is 7.30. The summed E-state index contributed by atoms with van der Waals surface area (Å²) >= 11 is 1.40. The van der Waals surface area contributed by atoms with E-state index in [9.17, 15) is 14.0 Å². The van der Waals surface area contributed by atoms with Gasteiger partial charge in [0.15, 0.2) is 0 Å². The topological polar surface area (TPSA) is 67.9 Å². The molecule has 1 unspecified atom stereocenters. The van der Waals surface area contributed by atoms with E-state index in [1.54, 1.807) is 19.1 Å². The average molecular weight is 593 g/mol. The quantitative estimate of drug-likeness (QED) is 0.162. The van der Waals surface area contributed by atoms with E-state index in [1.165, 1.54) is 55.7 Å². The van der Waals surface area contributed by atoms with E-state index in [-0.39, 0.29) is 18.3 Å². The van der Waals surface area contributed by atoms with Crippen LogP contribution in [0.1, 0.15) is 49.7 Å². The highest BCUT2D eigenvalue weighted by atomic mass is 32.2. The number of benzene rings is 3. The lowest BCUT2D eigenvalue weighted by atomic mass is 9.97. The van der Waals surface area contributed by atoms with Gasteiger partial charge in [-0.15, -0.1) is 11.8 Å². The van der Waals surface area contributed by atoms with Crippen molar-refractivity contribution in [2.45, 2.75) is 45.1 Å². The maximum atomic E-state index is 14.7. The Morgan fingerprint density at radius 3 is 2.57 bits per heavy atom. The second-order valence-corrected chi connectivity index (χ2v) is 11.7. The number of rotatable bonds is 15. The zero-order chi connectivity index (χ0) is 29.6. The largest absolute Gasteiger partial charge is 0.494 e. The van der Waals surface area contributed by atoms with Crippen LogP contribution in [0.4, 0.5) is 4.39 Å². The van der Waals surface area contributed by atoms with Gasteiger partial charge in [0.25, 0.3) is 0 Å². The molecule has 0 spiro atoms. The van der Waals surface area contributed by atoms with Gasteiger partial charge in [-0.25, -0.2) is 4.39 Å². The maximum absolute atomic E-state index is 14.7. The number of likely N-dealkylation sites (tertiary alicyclic amines) is 1. The highest BCUT2D eigenvalue weighted by molar-refractivity contribution is 7.99.